The number of hydrogen-bond acceptors (Lipinski definition) is 3. The van der Waals surface area contributed by atoms with Crippen LogP contribution in [0.15, 0.2) is 0 Å². The second kappa shape index (κ2) is 15.8. The maximum atomic E-state index is 7.75. The number of rotatable bonds is 2. The molecular weight excluding hydrogens is 104 g/mol. The normalized spacial score (nSPS) is 7.50. The smallest absolute Gasteiger partial charge is 0.0553 e. The van der Waals surface area contributed by atoms with Crippen LogP contribution in [0.25, 0.3) is 0 Å². The first kappa shape index (κ1) is 10.8. The van der Waals surface area contributed by atoms with E-state index in [0.29, 0.717) is 6.54 Å². The fraction of sp³-hybridized carbons (Fsp3) is 1.00. The monoisotopic (exact) mass is 120 g/mol. The molecule has 3 heteroatoms. The molecule has 0 aromatic heterocycles. The number of hydrogen-bond donors (Lipinski definition) is 3. The Labute approximate surface area is 50.7 Å². The van der Waals surface area contributed by atoms with Crippen molar-refractivity contribution in [2.24, 2.45) is 11.5 Å². The maximum absolute atomic E-state index is 7.75. The van der Waals surface area contributed by atoms with Crippen LogP contribution in [0.1, 0.15) is 13.3 Å². The van der Waals surface area contributed by atoms with Crippen LogP contribution in [0, 0.1) is 0 Å². The topological polar surface area (TPSA) is 72.3 Å². The molecule has 0 unspecified atom stereocenters. The van der Waals surface area contributed by atoms with E-state index in [4.69, 9.17) is 16.6 Å². The highest BCUT2D eigenvalue weighted by molar-refractivity contribution is 4.19. The minimum Gasteiger partial charge on any atom is -0.395 e. The molecule has 0 atom stereocenters. The van der Waals surface area contributed by atoms with E-state index in [1.807, 2.05) is 0 Å². The highest BCUT2D eigenvalue weighted by Gasteiger charge is 1.56. The number of aliphatic hydroxyl groups is 1. The van der Waals surface area contributed by atoms with E-state index >= 15 is 0 Å². The lowest BCUT2D eigenvalue weighted by molar-refractivity contribution is 0.306. The summed E-state index contributed by atoms with van der Waals surface area (Å²) in [6.07, 6.45) is 1.10. The summed E-state index contributed by atoms with van der Waals surface area (Å²) >= 11 is 0. The fourth-order valence-corrected chi connectivity index (χ4v) is 0. The van der Waals surface area contributed by atoms with Gasteiger partial charge in [-0.05, 0) is 13.0 Å². The first-order chi connectivity index (χ1) is 3.83. The van der Waals surface area contributed by atoms with Gasteiger partial charge in [0.05, 0.1) is 6.61 Å². The molecule has 0 aliphatic heterocycles. The van der Waals surface area contributed by atoms with Gasteiger partial charge in [0.1, 0.15) is 0 Å². The van der Waals surface area contributed by atoms with Gasteiger partial charge >= 0.3 is 0 Å². The van der Waals surface area contributed by atoms with Crippen molar-refractivity contribution < 1.29 is 5.11 Å². The average Bonchev–Trinajstić information content (AvgIpc) is 1.88. The van der Waals surface area contributed by atoms with Gasteiger partial charge in [0.25, 0.3) is 0 Å². The molecule has 0 aromatic carbocycles. The summed E-state index contributed by atoms with van der Waals surface area (Å²) in [4.78, 5) is 0. The van der Waals surface area contributed by atoms with E-state index < -0.39 is 0 Å². The minimum atomic E-state index is 0.0972. The summed E-state index contributed by atoms with van der Waals surface area (Å²) in [5.41, 5.74) is 9.81. The highest BCUT2D eigenvalue weighted by atomic mass is 16.3. The summed E-state index contributed by atoms with van der Waals surface area (Å²) in [7, 11) is 0. The summed E-state index contributed by atoms with van der Waals surface area (Å²) in [6.45, 7) is 3.35. The van der Waals surface area contributed by atoms with Crippen LogP contribution >= 0.6 is 0 Å². The van der Waals surface area contributed by atoms with Crippen molar-refractivity contribution in [3.63, 3.8) is 0 Å². The van der Waals surface area contributed by atoms with Gasteiger partial charge in [-0.15, -0.1) is 0 Å². The van der Waals surface area contributed by atoms with Gasteiger partial charge in [0, 0.05) is 6.54 Å². The molecule has 0 amide bonds. The van der Waals surface area contributed by atoms with E-state index in [-0.39, 0.29) is 6.61 Å². The van der Waals surface area contributed by atoms with E-state index in [0.717, 1.165) is 13.0 Å². The quantitative estimate of drug-likeness (QED) is 0.451. The van der Waals surface area contributed by atoms with Crippen molar-refractivity contribution in [2.75, 3.05) is 19.7 Å². The number of aliphatic hydroxyl groups excluding tert-OH is 1. The molecule has 0 aliphatic rings. The van der Waals surface area contributed by atoms with Crippen LogP contribution in [0.2, 0.25) is 0 Å². The van der Waals surface area contributed by atoms with Crippen LogP contribution in [-0.2, 0) is 0 Å². The van der Waals surface area contributed by atoms with E-state index in [9.17, 15) is 0 Å². The molecule has 0 aliphatic carbocycles. The van der Waals surface area contributed by atoms with E-state index in [1.165, 1.54) is 0 Å². The Kier molecular flexibility index (Phi) is 21.3. The molecule has 0 fully saturated rings. The van der Waals surface area contributed by atoms with E-state index in [1.54, 1.807) is 0 Å². The molecule has 8 heavy (non-hydrogen) atoms. The van der Waals surface area contributed by atoms with Crippen molar-refractivity contribution in [2.45, 2.75) is 13.3 Å². The third-order valence-electron chi connectivity index (χ3n) is 0.418. The molecule has 0 radical (unpaired) electrons. The van der Waals surface area contributed by atoms with Crippen LogP contribution in [0.3, 0.4) is 0 Å². The second-order valence-corrected chi connectivity index (χ2v) is 1.30. The lowest BCUT2D eigenvalue weighted by Crippen LogP contribution is -2.02. The zero-order valence-corrected chi connectivity index (χ0v) is 5.43. The van der Waals surface area contributed by atoms with Gasteiger partial charge < -0.3 is 16.6 Å². The fourth-order valence-electron chi connectivity index (χ4n) is 0. The molecule has 0 saturated carbocycles. The van der Waals surface area contributed by atoms with Crippen molar-refractivity contribution in [1.29, 1.82) is 0 Å². The number of nitrogens with two attached hydrogens (primary N) is 2. The van der Waals surface area contributed by atoms with Crippen LogP contribution in [-0.4, -0.2) is 24.8 Å². The highest BCUT2D eigenvalue weighted by Crippen LogP contribution is 1.57. The van der Waals surface area contributed by atoms with Crippen LogP contribution < -0.4 is 11.5 Å². The lowest BCUT2D eigenvalue weighted by Gasteiger charge is -1.71. The van der Waals surface area contributed by atoms with Crippen molar-refractivity contribution in [3.8, 4) is 0 Å². The predicted octanol–water partition coefficient (Wildman–Crippen LogP) is -0.707. The van der Waals surface area contributed by atoms with Crippen molar-refractivity contribution in [3.05, 3.63) is 0 Å². The molecule has 5 N–H and O–H groups in total. The molecule has 0 heterocycles. The van der Waals surface area contributed by atoms with Crippen molar-refractivity contribution >= 4 is 0 Å². The SMILES string of the molecule is CCCN.NCCO. The van der Waals surface area contributed by atoms with Gasteiger partial charge in [-0.2, -0.15) is 0 Å². The van der Waals surface area contributed by atoms with Crippen molar-refractivity contribution in [1.82, 2.24) is 0 Å². The standard InChI is InChI=1S/C3H9N.C2H7NO/c1-2-3-4;3-1-2-4/h2-4H2,1H3;4H,1-3H2. The zero-order valence-electron chi connectivity index (χ0n) is 5.43. The van der Waals surface area contributed by atoms with Crippen LogP contribution in [0.5, 0.6) is 0 Å². The lowest BCUT2D eigenvalue weighted by atomic mass is 10.5. The molecule has 0 saturated heterocycles. The molecule has 0 rings (SSSR count). The Bertz CT molecular complexity index is 18.4. The molecule has 0 aromatic rings. The summed E-state index contributed by atoms with van der Waals surface area (Å²) in [6, 6.07) is 0. The Hall–Kier alpha value is -0.120. The van der Waals surface area contributed by atoms with Crippen LogP contribution in [0.4, 0.5) is 0 Å². The summed E-state index contributed by atoms with van der Waals surface area (Å²) in [5, 5.41) is 7.75. The third-order valence-corrected chi connectivity index (χ3v) is 0.418. The minimum absolute atomic E-state index is 0.0972. The first-order valence-corrected chi connectivity index (χ1v) is 2.84. The maximum Gasteiger partial charge on any atom is 0.0553 e. The van der Waals surface area contributed by atoms with Gasteiger partial charge in [-0.3, -0.25) is 0 Å². The zero-order chi connectivity index (χ0) is 6.83. The molecule has 52 valence electrons. The molecule has 0 spiro atoms. The Morgan fingerprint density at radius 1 is 1.25 bits per heavy atom. The average molecular weight is 120 g/mol. The Morgan fingerprint density at radius 3 is 1.50 bits per heavy atom. The Balaban J connectivity index is 0. The molecule has 0 bridgehead atoms. The van der Waals surface area contributed by atoms with Gasteiger partial charge in [0.2, 0.25) is 0 Å². The molecular formula is C5H16N2O. The predicted molar refractivity (Wildman–Crippen MR) is 35.5 cm³/mol. The largest absolute Gasteiger partial charge is 0.395 e. The summed E-state index contributed by atoms with van der Waals surface area (Å²) < 4.78 is 0. The van der Waals surface area contributed by atoms with Gasteiger partial charge in [-0.1, -0.05) is 6.92 Å². The summed E-state index contributed by atoms with van der Waals surface area (Å²) in [5.74, 6) is 0. The molecule has 3 nitrogen and oxygen atoms in total. The Morgan fingerprint density at radius 2 is 1.50 bits per heavy atom. The first-order valence-electron chi connectivity index (χ1n) is 2.84. The third kappa shape index (κ3) is 39.6. The van der Waals surface area contributed by atoms with Gasteiger partial charge in [0.15, 0.2) is 0 Å². The van der Waals surface area contributed by atoms with E-state index in [2.05, 4.69) is 6.92 Å². The van der Waals surface area contributed by atoms with Gasteiger partial charge in [-0.25, -0.2) is 0 Å². The second-order valence-electron chi connectivity index (χ2n) is 1.30.